The number of aryl methyl sites for hydroxylation is 4. The predicted octanol–water partition coefficient (Wildman–Crippen LogP) is 16.4. The standard InChI is InChI=1S/C70H50N4O2/c1-39-17-5-11-23-53(39)71(65-41(3)29-31-47-43-19-9-15-27-61(43)75-69(47)65)57-35-33-45-51-37-60-52(38-59(51)73-55-25-13-7-21-49(55)63(57)67(45)73)46-34-36-58(64-50-22-8-14-26-56(50)74(60)68(46)64)72(54-24-12-6-18-40(54)2)66-42(4)30-32-48-44-20-10-16-28-62(44)76-70(48)66/h5-6,9-12,15-38H,7-8,13-14H2,1-4H3. The third kappa shape index (κ3) is 5.40. The van der Waals surface area contributed by atoms with Crippen LogP contribution in [0.2, 0.25) is 0 Å². The second-order valence-corrected chi connectivity index (χ2v) is 21.5. The Morgan fingerprint density at radius 1 is 0.355 bits per heavy atom. The van der Waals surface area contributed by atoms with Crippen LogP contribution in [0.3, 0.4) is 0 Å². The highest BCUT2D eigenvalue weighted by Crippen LogP contribution is 2.51. The van der Waals surface area contributed by atoms with Crippen molar-refractivity contribution in [1.82, 2.24) is 8.80 Å². The summed E-state index contributed by atoms with van der Waals surface area (Å²) in [4.78, 5) is 5.01. The molecular formula is C70H50N4O2. The minimum absolute atomic E-state index is 0.899. The van der Waals surface area contributed by atoms with Crippen LogP contribution in [0.4, 0.5) is 34.1 Å². The zero-order chi connectivity index (χ0) is 50.2. The summed E-state index contributed by atoms with van der Waals surface area (Å²) >= 11 is 0. The van der Waals surface area contributed by atoms with Crippen molar-refractivity contribution >= 4 is 157 Å². The molecule has 0 saturated carbocycles. The maximum Gasteiger partial charge on any atom is 0.159 e. The van der Waals surface area contributed by atoms with Crippen molar-refractivity contribution in [2.45, 2.75) is 53.4 Å². The van der Waals surface area contributed by atoms with Crippen molar-refractivity contribution in [2.24, 2.45) is 0 Å². The lowest BCUT2D eigenvalue weighted by Gasteiger charge is -2.29. The lowest BCUT2D eigenvalue weighted by atomic mass is 10.00. The van der Waals surface area contributed by atoms with Crippen molar-refractivity contribution in [3.8, 4) is 0 Å². The molecular weight excluding hydrogens is 929 g/mol. The molecule has 0 bridgehead atoms. The fraction of sp³-hybridized carbons (Fsp3) is 0.114. The molecule has 15 aromatic rings. The first-order valence-corrected chi connectivity index (χ1v) is 26.9. The summed E-state index contributed by atoms with van der Waals surface area (Å²) in [6, 6.07) is 58.1. The summed E-state index contributed by atoms with van der Waals surface area (Å²) in [5, 5.41) is 17.3. The van der Waals surface area contributed by atoms with Crippen LogP contribution < -0.4 is 30.9 Å². The van der Waals surface area contributed by atoms with Gasteiger partial charge in [-0.05, 0) is 124 Å². The van der Waals surface area contributed by atoms with Crippen molar-refractivity contribution in [2.75, 3.05) is 9.80 Å². The van der Waals surface area contributed by atoms with Gasteiger partial charge in [0, 0.05) is 86.4 Å². The monoisotopic (exact) mass is 978 g/mol. The van der Waals surface area contributed by atoms with Crippen LogP contribution in [0.5, 0.6) is 0 Å². The molecule has 0 fully saturated rings. The van der Waals surface area contributed by atoms with Gasteiger partial charge in [0.1, 0.15) is 11.2 Å². The molecule has 0 atom stereocenters. The van der Waals surface area contributed by atoms with Gasteiger partial charge in [0.15, 0.2) is 11.2 Å². The number of benzene rings is 9. The highest BCUT2D eigenvalue weighted by molar-refractivity contribution is 6.26. The Balaban J connectivity index is 0.963. The third-order valence-electron chi connectivity index (χ3n) is 17.3. The minimum Gasteiger partial charge on any atom is -0.454 e. The number of aromatic nitrogens is 2. The zero-order valence-electron chi connectivity index (χ0n) is 42.8. The topological polar surface area (TPSA) is 41.6 Å². The highest BCUT2D eigenvalue weighted by atomic mass is 16.3. The van der Waals surface area contributed by atoms with E-state index in [-0.39, 0.29) is 0 Å². The number of fused-ring (bicyclic) bond motifs is 18. The Morgan fingerprint density at radius 2 is 0.763 bits per heavy atom. The van der Waals surface area contributed by atoms with E-state index in [0.29, 0.717) is 0 Å². The van der Waals surface area contributed by atoms with Crippen LogP contribution in [0.25, 0.3) is 123 Å². The van der Waals surface area contributed by atoms with E-state index in [9.17, 15) is 0 Å². The first-order valence-electron chi connectivity index (χ1n) is 26.9. The third-order valence-corrected chi connectivity index (χ3v) is 17.3. The van der Waals surface area contributed by atoms with Gasteiger partial charge >= 0.3 is 0 Å². The van der Waals surface area contributed by atoms with Gasteiger partial charge in [-0.15, -0.1) is 0 Å². The summed E-state index contributed by atoms with van der Waals surface area (Å²) in [6.45, 7) is 8.91. The highest BCUT2D eigenvalue weighted by Gasteiger charge is 2.31. The van der Waals surface area contributed by atoms with E-state index in [0.717, 1.165) is 115 Å². The fourth-order valence-corrected chi connectivity index (χ4v) is 14.0. The summed E-state index contributed by atoms with van der Waals surface area (Å²) in [7, 11) is 0. The van der Waals surface area contributed by atoms with Crippen LogP contribution >= 0.6 is 0 Å². The van der Waals surface area contributed by atoms with E-state index in [1.54, 1.807) is 0 Å². The molecule has 0 unspecified atom stereocenters. The SMILES string of the molecule is Cc1ccccc1N(c1c(C)ccc2c1oc1ccccc12)c1ccc2c3cc4c(cc3n3c5c(c1c23)=CCCC=5)c1ccc(N(c2ccccc2C)c2c(C)ccc3c2oc2ccccc23)c2c3c(n4c21)=CCCC=3. The molecule has 0 amide bonds. The Labute approximate surface area is 436 Å². The molecule has 0 aliphatic heterocycles. The van der Waals surface area contributed by atoms with E-state index in [2.05, 4.69) is 228 Å². The first-order chi connectivity index (χ1) is 37.4. The smallest absolute Gasteiger partial charge is 0.159 e. The number of para-hydroxylation sites is 4. The van der Waals surface area contributed by atoms with E-state index < -0.39 is 0 Å². The minimum atomic E-state index is 0.899. The lowest BCUT2D eigenvalue weighted by molar-refractivity contribution is 0.668. The van der Waals surface area contributed by atoms with E-state index >= 15 is 0 Å². The van der Waals surface area contributed by atoms with Gasteiger partial charge < -0.3 is 27.4 Å². The normalized spacial score (nSPS) is 13.7. The Hall–Kier alpha value is -9.26. The number of nitrogens with zero attached hydrogens (tertiary/aromatic N) is 4. The maximum absolute atomic E-state index is 6.90. The van der Waals surface area contributed by atoms with Crippen LogP contribution in [0.1, 0.15) is 47.9 Å². The Morgan fingerprint density at radius 3 is 1.22 bits per heavy atom. The van der Waals surface area contributed by atoms with E-state index in [1.807, 2.05) is 0 Å². The molecule has 6 heterocycles. The lowest BCUT2D eigenvalue weighted by Crippen LogP contribution is -2.28. The molecule has 0 spiro atoms. The Bertz CT molecular complexity index is 4980. The van der Waals surface area contributed by atoms with Crippen LogP contribution in [0.15, 0.2) is 167 Å². The van der Waals surface area contributed by atoms with Crippen molar-refractivity contribution in [3.05, 3.63) is 201 Å². The number of furan rings is 2. The molecule has 6 aromatic heterocycles. The zero-order valence-corrected chi connectivity index (χ0v) is 42.8. The number of rotatable bonds is 6. The second-order valence-electron chi connectivity index (χ2n) is 21.5. The second kappa shape index (κ2) is 15.2. The van der Waals surface area contributed by atoms with E-state index in [1.165, 1.54) is 86.6 Å². The average Bonchev–Trinajstić information content (AvgIpc) is 4.30. The van der Waals surface area contributed by atoms with Gasteiger partial charge in [-0.25, -0.2) is 0 Å². The Kier molecular flexibility index (Phi) is 8.41. The number of hydrogen-bond donors (Lipinski definition) is 0. The maximum atomic E-state index is 6.90. The molecule has 17 rings (SSSR count). The summed E-state index contributed by atoms with van der Waals surface area (Å²) in [5.74, 6) is 0. The van der Waals surface area contributed by atoms with Crippen LogP contribution in [-0.2, 0) is 0 Å². The molecule has 2 aliphatic rings. The van der Waals surface area contributed by atoms with Gasteiger partial charge in [-0.3, -0.25) is 0 Å². The molecule has 0 radical (unpaired) electrons. The van der Waals surface area contributed by atoms with Crippen molar-refractivity contribution < 1.29 is 8.83 Å². The van der Waals surface area contributed by atoms with Gasteiger partial charge in [0.25, 0.3) is 0 Å². The summed E-state index contributed by atoms with van der Waals surface area (Å²) in [5.41, 5.74) is 20.1. The van der Waals surface area contributed by atoms with Crippen LogP contribution in [0, 0.1) is 27.7 Å². The molecule has 2 aliphatic carbocycles. The molecule has 9 aromatic carbocycles. The van der Waals surface area contributed by atoms with Gasteiger partial charge in [0.2, 0.25) is 0 Å². The quantitative estimate of drug-likeness (QED) is 0.166. The van der Waals surface area contributed by atoms with Gasteiger partial charge in [-0.1, -0.05) is 133 Å². The summed E-state index contributed by atoms with van der Waals surface area (Å²) < 4.78 is 19.0. The predicted molar refractivity (Wildman–Crippen MR) is 318 cm³/mol. The number of hydrogen-bond acceptors (Lipinski definition) is 4. The fourth-order valence-electron chi connectivity index (χ4n) is 14.0. The van der Waals surface area contributed by atoms with Gasteiger partial charge in [-0.2, -0.15) is 0 Å². The average molecular weight is 979 g/mol. The first kappa shape index (κ1) is 42.1. The van der Waals surface area contributed by atoms with Gasteiger partial charge in [0.05, 0.1) is 44.8 Å². The molecule has 0 saturated heterocycles. The molecule has 76 heavy (non-hydrogen) atoms. The molecule has 6 nitrogen and oxygen atoms in total. The van der Waals surface area contributed by atoms with Crippen molar-refractivity contribution in [1.29, 1.82) is 0 Å². The molecule has 0 N–H and O–H groups in total. The molecule has 362 valence electrons. The van der Waals surface area contributed by atoms with E-state index in [4.69, 9.17) is 8.83 Å². The molecule has 6 heteroatoms. The van der Waals surface area contributed by atoms with Crippen molar-refractivity contribution in [3.63, 3.8) is 0 Å². The van der Waals surface area contributed by atoms with Crippen LogP contribution in [-0.4, -0.2) is 8.80 Å². The largest absolute Gasteiger partial charge is 0.454 e. The number of anilines is 6. The summed E-state index contributed by atoms with van der Waals surface area (Å²) in [6.07, 6.45) is 13.9.